The van der Waals surface area contributed by atoms with Crippen LogP contribution in [0, 0.1) is 11.8 Å². The van der Waals surface area contributed by atoms with Crippen LogP contribution in [0.4, 0.5) is 0 Å². The largest absolute Gasteiger partial charge is 2.00 e. The number of rotatable bonds is 7. The summed E-state index contributed by atoms with van der Waals surface area (Å²) in [6.45, 7) is 13.5. The van der Waals surface area contributed by atoms with Gasteiger partial charge in [0.25, 0.3) is 0 Å². The SMILES string of the molecule is C=CC1=C(C)C2=NC1=CC1=NC(=CC3=C(C)C(=C([O-])[O-])C(=N3)C(CC(=O)O)=C3NC(=C2)C(C)C3CCC(=O)O)C(CC)=C1C.[Cu+2].[Na].[Na].[Na]. The van der Waals surface area contributed by atoms with Crippen molar-refractivity contribution in [2.24, 2.45) is 26.8 Å². The molecule has 2 atom stereocenters. The van der Waals surface area contributed by atoms with Crippen LogP contribution in [0.15, 0.2) is 119 Å². The average molecular weight is 727 g/mol. The quantitative estimate of drug-likeness (QED) is 0.268. The molecule has 14 heteroatoms. The molecule has 10 nitrogen and oxygen atoms in total. The van der Waals surface area contributed by atoms with Gasteiger partial charge in [-0.2, -0.15) is 5.95 Å². The number of nitrogens with one attached hydrogen (secondary N) is 1. The summed E-state index contributed by atoms with van der Waals surface area (Å²) in [6, 6.07) is 0. The number of hydrogen-bond acceptors (Lipinski definition) is 8. The number of aliphatic carboxylic acids is 2. The van der Waals surface area contributed by atoms with Crippen molar-refractivity contribution in [3.63, 3.8) is 0 Å². The first-order valence-corrected chi connectivity index (χ1v) is 14.6. The standard InChI is InChI=1S/C34H36N4O6.Cu.3Na/c1-7-19-15(3)23-12-25-17(5)21(9-10-29(39)40)32(37-25)22(11-30(41)42)33-31(34(43)44)18(6)26(38-33)14-28-20(8-2)16(4)24(36-28)13-27(19)35-23;;;;/h7,12-14,17,21,37,43-44H,1,8-11H2,2-6H3,(H,39,40)(H,41,42);;;;/q;+2;;;/p-2. The number of carbonyl (C=O) groups is 2. The van der Waals surface area contributed by atoms with Gasteiger partial charge in [-0.15, -0.1) is 0 Å². The van der Waals surface area contributed by atoms with Crippen molar-refractivity contribution in [1.82, 2.24) is 5.32 Å². The Bertz CT molecular complexity index is 1790. The van der Waals surface area contributed by atoms with Gasteiger partial charge in [-0.05, 0) is 79.7 Å². The fourth-order valence-electron chi connectivity index (χ4n) is 6.45. The summed E-state index contributed by atoms with van der Waals surface area (Å²) < 4.78 is 0. The van der Waals surface area contributed by atoms with Crippen LogP contribution in [0.25, 0.3) is 0 Å². The predicted molar refractivity (Wildman–Crippen MR) is 181 cm³/mol. The third-order valence-corrected chi connectivity index (χ3v) is 8.87. The molecule has 8 bridgehead atoms. The molecule has 240 valence electrons. The van der Waals surface area contributed by atoms with E-state index >= 15 is 0 Å². The molecule has 0 saturated carbocycles. The van der Waals surface area contributed by atoms with Crippen LogP contribution in [0.3, 0.4) is 0 Å². The average Bonchev–Trinajstić information content (AvgIpc) is 3.63. The molecule has 1 fully saturated rings. The van der Waals surface area contributed by atoms with E-state index in [-0.39, 0.29) is 141 Å². The summed E-state index contributed by atoms with van der Waals surface area (Å²) in [5.74, 6) is -4.37. The van der Waals surface area contributed by atoms with E-state index in [4.69, 9.17) is 15.0 Å². The number of aliphatic imine (C=N–C) groups is 3. The van der Waals surface area contributed by atoms with Crippen molar-refractivity contribution >= 4 is 118 Å². The number of hydrogen-bond donors (Lipinski definition) is 3. The Morgan fingerprint density at radius 3 is 2.10 bits per heavy atom. The van der Waals surface area contributed by atoms with Gasteiger partial charge in [0.2, 0.25) is 0 Å². The van der Waals surface area contributed by atoms with Crippen molar-refractivity contribution < 1.29 is 47.1 Å². The van der Waals surface area contributed by atoms with Crippen molar-refractivity contribution in [2.75, 3.05) is 0 Å². The Labute approximate surface area is 357 Å². The normalized spacial score (nSPS) is 21.0. The van der Waals surface area contributed by atoms with E-state index in [2.05, 4.69) is 11.9 Å². The van der Waals surface area contributed by atoms with Crippen molar-refractivity contribution in [2.45, 2.75) is 60.3 Å². The van der Waals surface area contributed by atoms with Crippen molar-refractivity contribution in [3.8, 4) is 0 Å². The molecule has 0 aromatic heterocycles. The van der Waals surface area contributed by atoms with E-state index < -0.39 is 30.2 Å². The molecule has 5 aliphatic heterocycles. The Morgan fingerprint density at radius 2 is 1.54 bits per heavy atom. The molecule has 5 aliphatic rings. The maximum absolute atomic E-state index is 12.6. The molecule has 3 N–H and O–H groups in total. The molecule has 0 spiro atoms. The van der Waals surface area contributed by atoms with E-state index in [1.54, 1.807) is 19.1 Å². The van der Waals surface area contributed by atoms with Crippen LogP contribution in [-0.2, 0) is 26.7 Å². The minimum Gasteiger partial charge on any atom is -0.883 e. The van der Waals surface area contributed by atoms with Gasteiger partial charge >= 0.3 is 29.0 Å². The second kappa shape index (κ2) is 18.1. The molecule has 48 heavy (non-hydrogen) atoms. The van der Waals surface area contributed by atoms with E-state index in [1.165, 1.54) is 0 Å². The van der Waals surface area contributed by atoms with Gasteiger partial charge in [-0.3, -0.25) is 9.59 Å². The smallest absolute Gasteiger partial charge is 0.883 e. The third kappa shape index (κ3) is 8.52. The number of nitrogens with zero attached hydrogens (tertiary/aromatic N) is 3. The van der Waals surface area contributed by atoms with Gasteiger partial charge < -0.3 is 25.7 Å². The summed E-state index contributed by atoms with van der Waals surface area (Å²) >= 11 is 0. The first kappa shape index (κ1) is 44.6. The number of carboxylic acid groups (broad SMARTS) is 2. The second-order valence-electron chi connectivity index (χ2n) is 11.4. The summed E-state index contributed by atoms with van der Waals surface area (Å²) in [4.78, 5) is 38.4. The topological polar surface area (TPSA) is 170 Å². The molecule has 4 radical (unpaired) electrons. The van der Waals surface area contributed by atoms with Gasteiger partial charge in [0, 0.05) is 129 Å². The van der Waals surface area contributed by atoms with Crippen LogP contribution >= 0.6 is 0 Å². The summed E-state index contributed by atoms with van der Waals surface area (Å²) in [6.07, 6.45) is 7.45. The van der Waals surface area contributed by atoms with Gasteiger partial charge in [0.1, 0.15) is 0 Å². The molecule has 0 amide bonds. The van der Waals surface area contributed by atoms with E-state index in [0.29, 0.717) is 46.2 Å². The monoisotopic (exact) mass is 726 g/mol. The van der Waals surface area contributed by atoms with E-state index in [0.717, 1.165) is 28.0 Å². The van der Waals surface area contributed by atoms with Crippen LogP contribution in [0.2, 0.25) is 0 Å². The van der Waals surface area contributed by atoms with Gasteiger partial charge in [0.15, 0.2) is 0 Å². The fourth-order valence-corrected chi connectivity index (χ4v) is 6.45. The molecular weight excluding hydrogens is 693 g/mol. The second-order valence-corrected chi connectivity index (χ2v) is 11.4. The summed E-state index contributed by atoms with van der Waals surface area (Å²) in [5, 5.41) is 48.0. The molecule has 5 rings (SSSR count). The zero-order chi connectivity index (χ0) is 32.0. The minimum atomic E-state index is -1.48. The maximum atomic E-state index is 12.6. The van der Waals surface area contributed by atoms with Gasteiger partial charge in [0.05, 0.1) is 40.6 Å². The predicted octanol–water partition coefficient (Wildman–Crippen LogP) is 2.75. The van der Waals surface area contributed by atoms with Crippen LogP contribution in [0.1, 0.15) is 60.3 Å². The van der Waals surface area contributed by atoms with Crippen LogP contribution < -0.4 is 15.5 Å². The molecule has 2 unspecified atom stereocenters. The van der Waals surface area contributed by atoms with Gasteiger partial charge in [-0.1, -0.05) is 26.5 Å². The van der Waals surface area contributed by atoms with E-state index in [1.807, 2.05) is 39.8 Å². The Hall–Kier alpha value is -1.47. The van der Waals surface area contributed by atoms with Crippen molar-refractivity contribution in [3.05, 3.63) is 104 Å². The number of allylic oxidation sites excluding steroid dienone is 11. The molecule has 5 heterocycles. The Morgan fingerprint density at radius 1 is 0.917 bits per heavy atom. The van der Waals surface area contributed by atoms with Crippen LogP contribution in [0.5, 0.6) is 0 Å². The zero-order valence-corrected chi connectivity index (χ0v) is 35.6. The Balaban J connectivity index is 0.00000288. The number of fused-ring (bicyclic) bond motifs is 5. The fraction of sp³-hybridized carbons (Fsp3) is 0.324. The van der Waals surface area contributed by atoms with Crippen LogP contribution in [-0.4, -0.2) is 128 Å². The Kier molecular flexibility index (Phi) is 16.8. The van der Waals surface area contributed by atoms with E-state index in [9.17, 15) is 30.0 Å². The van der Waals surface area contributed by atoms with Crippen molar-refractivity contribution in [1.29, 1.82) is 0 Å². The van der Waals surface area contributed by atoms with Gasteiger partial charge in [-0.25, -0.2) is 15.0 Å². The first-order chi connectivity index (χ1) is 20.9. The minimum absolute atomic E-state index is 0. The maximum Gasteiger partial charge on any atom is 2.00 e. The summed E-state index contributed by atoms with van der Waals surface area (Å²) in [7, 11) is 0. The zero-order valence-electron chi connectivity index (χ0n) is 28.7. The molecule has 1 saturated heterocycles. The molecule has 0 aliphatic carbocycles. The third-order valence-electron chi connectivity index (χ3n) is 8.87. The molecular formula is C34H34CuN4Na3O6. The number of carboxylic acids is 2. The molecule has 0 aromatic rings. The first-order valence-electron chi connectivity index (χ1n) is 14.6. The summed E-state index contributed by atoms with van der Waals surface area (Å²) in [5.41, 5.74) is 8.20. The molecule has 0 aromatic carbocycles.